The van der Waals surface area contributed by atoms with E-state index in [4.69, 9.17) is 5.21 Å². The first-order valence-corrected chi connectivity index (χ1v) is 4.71. The molecule has 0 aromatic heterocycles. The van der Waals surface area contributed by atoms with Gasteiger partial charge in [-0.1, -0.05) is 0 Å². The van der Waals surface area contributed by atoms with Crippen LogP contribution in [-0.2, 0) is 4.79 Å². The second-order valence-electron chi connectivity index (χ2n) is 3.44. The van der Waals surface area contributed by atoms with E-state index >= 15 is 0 Å². The van der Waals surface area contributed by atoms with Gasteiger partial charge in [-0.05, 0) is 19.3 Å². The zero-order valence-electron chi connectivity index (χ0n) is 7.97. The van der Waals surface area contributed by atoms with E-state index in [-0.39, 0.29) is 5.78 Å². The van der Waals surface area contributed by atoms with Crippen LogP contribution in [0.1, 0.15) is 26.2 Å². The molecular formula is C9H17N2O2+. The van der Waals surface area contributed by atoms with Crippen molar-refractivity contribution in [2.24, 2.45) is 0 Å². The first-order chi connectivity index (χ1) is 6.24. The summed E-state index contributed by atoms with van der Waals surface area (Å²) in [6.07, 6.45) is 5.45. The van der Waals surface area contributed by atoms with Crippen LogP contribution >= 0.6 is 0 Å². The van der Waals surface area contributed by atoms with Gasteiger partial charge in [0, 0.05) is 6.92 Å². The maximum atomic E-state index is 10.9. The highest BCUT2D eigenvalue weighted by atomic mass is 16.5. The quantitative estimate of drug-likeness (QED) is 0.409. The predicted molar refractivity (Wildman–Crippen MR) is 48.2 cm³/mol. The first kappa shape index (κ1) is 10.2. The van der Waals surface area contributed by atoms with Crippen molar-refractivity contribution in [3.8, 4) is 0 Å². The van der Waals surface area contributed by atoms with Crippen LogP contribution in [-0.4, -0.2) is 24.1 Å². The van der Waals surface area contributed by atoms with Crippen LogP contribution < -0.4 is 10.4 Å². The van der Waals surface area contributed by atoms with Crippen molar-refractivity contribution in [2.75, 3.05) is 13.1 Å². The maximum absolute atomic E-state index is 10.9. The van der Waals surface area contributed by atoms with Crippen molar-refractivity contribution in [2.45, 2.75) is 26.2 Å². The lowest BCUT2D eigenvalue weighted by atomic mass is 10.1. The van der Waals surface area contributed by atoms with E-state index < -0.39 is 0 Å². The third-order valence-electron chi connectivity index (χ3n) is 2.34. The Kier molecular flexibility index (Phi) is 3.92. The summed E-state index contributed by atoms with van der Waals surface area (Å²) in [5.74, 6) is -0.124. The molecule has 1 saturated heterocycles. The number of carbonyl (C=O) groups excluding carboxylic acids is 1. The Balaban J connectivity index is 2.54. The Morgan fingerprint density at radius 1 is 1.38 bits per heavy atom. The minimum absolute atomic E-state index is 0.124. The number of hydrogen-bond donors (Lipinski definition) is 3. The summed E-state index contributed by atoms with van der Waals surface area (Å²) in [6, 6.07) is 0. The number of Topliss-reactive ketones (excluding diaryl/α,β-unsaturated/α-hetero) is 1. The van der Waals surface area contributed by atoms with E-state index in [0.717, 1.165) is 13.1 Å². The number of likely N-dealkylation sites (tertiary alicyclic amines) is 1. The zero-order valence-corrected chi connectivity index (χ0v) is 7.97. The van der Waals surface area contributed by atoms with Gasteiger partial charge in [0.25, 0.3) is 0 Å². The van der Waals surface area contributed by atoms with Gasteiger partial charge in [-0.25, -0.2) is 0 Å². The van der Waals surface area contributed by atoms with Crippen LogP contribution in [0.2, 0.25) is 0 Å². The Morgan fingerprint density at radius 2 is 2.00 bits per heavy atom. The Bertz CT molecular complexity index is 208. The Morgan fingerprint density at radius 3 is 2.46 bits per heavy atom. The highest BCUT2D eigenvalue weighted by molar-refractivity contribution is 5.91. The van der Waals surface area contributed by atoms with Crippen molar-refractivity contribution >= 4 is 5.78 Å². The molecule has 1 fully saturated rings. The molecule has 0 amide bonds. The van der Waals surface area contributed by atoms with Crippen LogP contribution in [0.25, 0.3) is 0 Å². The Labute approximate surface area is 78.2 Å². The van der Waals surface area contributed by atoms with Crippen LogP contribution in [0.5, 0.6) is 0 Å². The van der Waals surface area contributed by atoms with Gasteiger partial charge < -0.3 is 4.90 Å². The molecule has 1 heterocycles. The van der Waals surface area contributed by atoms with Crippen molar-refractivity contribution < 1.29 is 14.9 Å². The fourth-order valence-electron chi connectivity index (χ4n) is 1.57. The summed E-state index contributed by atoms with van der Waals surface area (Å²) in [6.45, 7) is 3.55. The van der Waals surface area contributed by atoms with Gasteiger partial charge in [0.05, 0.1) is 13.1 Å². The molecule has 4 heteroatoms. The molecule has 74 valence electrons. The normalized spacial score (nSPS) is 20.0. The molecule has 3 N–H and O–H groups in total. The number of quaternary nitrogens is 1. The Hall–Kier alpha value is -0.870. The van der Waals surface area contributed by atoms with Crippen LogP contribution in [0.3, 0.4) is 0 Å². The molecule has 1 rings (SSSR count). The second-order valence-corrected chi connectivity index (χ2v) is 3.44. The highest BCUT2D eigenvalue weighted by Gasteiger charge is 2.13. The standard InChI is InChI=1S/C9H16N2O2/c1-8(12)9(10-13)7-11-5-3-2-4-6-11/h7,10,13H,2-6H2,1H3/p+1. The summed E-state index contributed by atoms with van der Waals surface area (Å²) in [4.78, 5) is 12.2. The number of carbonyl (C=O) groups is 1. The third-order valence-corrected chi connectivity index (χ3v) is 2.34. The molecule has 0 saturated carbocycles. The van der Waals surface area contributed by atoms with Gasteiger partial charge in [0.2, 0.25) is 0 Å². The topological polar surface area (TPSA) is 53.8 Å². The molecule has 0 unspecified atom stereocenters. The minimum Gasteiger partial charge on any atom is -0.307 e. The number of nitrogens with one attached hydrogen (secondary N) is 2. The van der Waals surface area contributed by atoms with Gasteiger partial charge in [-0.2, -0.15) is 0 Å². The monoisotopic (exact) mass is 185 g/mol. The molecule has 0 aromatic rings. The van der Waals surface area contributed by atoms with E-state index in [2.05, 4.69) is 0 Å². The summed E-state index contributed by atoms with van der Waals surface area (Å²) in [7, 11) is 0. The molecule has 0 aromatic carbocycles. The molecule has 13 heavy (non-hydrogen) atoms. The molecule has 1 aliphatic heterocycles. The summed E-state index contributed by atoms with van der Waals surface area (Å²) in [5, 5.41) is 8.67. The lowest BCUT2D eigenvalue weighted by Crippen LogP contribution is -3.08. The van der Waals surface area contributed by atoms with E-state index in [0.29, 0.717) is 5.70 Å². The molecule has 0 bridgehead atoms. The molecule has 0 radical (unpaired) electrons. The lowest BCUT2D eigenvalue weighted by Gasteiger charge is -2.19. The van der Waals surface area contributed by atoms with E-state index in [9.17, 15) is 4.79 Å². The van der Waals surface area contributed by atoms with Gasteiger partial charge >= 0.3 is 0 Å². The van der Waals surface area contributed by atoms with E-state index in [1.807, 2.05) is 5.48 Å². The highest BCUT2D eigenvalue weighted by Crippen LogP contribution is 1.95. The lowest BCUT2D eigenvalue weighted by molar-refractivity contribution is -0.852. The van der Waals surface area contributed by atoms with Gasteiger partial charge in [-0.15, -0.1) is 0 Å². The van der Waals surface area contributed by atoms with Crippen molar-refractivity contribution in [1.29, 1.82) is 0 Å². The van der Waals surface area contributed by atoms with Gasteiger partial charge in [-0.3, -0.25) is 15.5 Å². The SMILES string of the molecule is CC(=O)C(=C[NH+]1CCCCC1)NO. The molecule has 4 nitrogen and oxygen atoms in total. The molecule has 0 spiro atoms. The number of piperidine rings is 1. The van der Waals surface area contributed by atoms with Gasteiger partial charge in [0.1, 0.15) is 6.20 Å². The van der Waals surface area contributed by atoms with Gasteiger partial charge in [0.15, 0.2) is 11.5 Å². The van der Waals surface area contributed by atoms with E-state index in [1.54, 1.807) is 6.20 Å². The number of hydrogen-bond acceptors (Lipinski definition) is 3. The molecule has 0 aliphatic carbocycles. The largest absolute Gasteiger partial charge is 0.307 e. The average Bonchev–Trinajstić information content (AvgIpc) is 2.15. The maximum Gasteiger partial charge on any atom is 0.183 e. The van der Waals surface area contributed by atoms with Crippen molar-refractivity contribution in [3.05, 3.63) is 11.9 Å². The summed E-state index contributed by atoms with van der Waals surface area (Å²) < 4.78 is 0. The number of ketones is 1. The third kappa shape index (κ3) is 3.16. The minimum atomic E-state index is -0.124. The molecular weight excluding hydrogens is 168 g/mol. The average molecular weight is 185 g/mol. The van der Waals surface area contributed by atoms with Crippen molar-refractivity contribution in [1.82, 2.24) is 5.48 Å². The molecule has 0 atom stereocenters. The number of allylic oxidation sites excluding steroid dienone is 1. The smallest absolute Gasteiger partial charge is 0.183 e. The number of rotatable bonds is 3. The van der Waals surface area contributed by atoms with E-state index in [1.165, 1.54) is 31.1 Å². The zero-order chi connectivity index (χ0) is 9.68. The summed E-state index contributed by atoms with van der Waals surface area (Å²) in [5.41, 5.74) is 2.24. The number of hydroxylamine groups is 1. The molecule has 1 aliphatic rings. The van der Waals surface area contributed by atoms with Crippen molar-refractivity contribution in [3.63, 3.8) is 0 Å². The fourth-order valence-corrected chi connectivity index (χ4v) is 1.57. The fraction of sp³-hybridized carbons (Fsp3) is 0.667. The van der Waals surface area contributed by atoms with Crippen LogP contribution in [0.15, 0.2) is 11.9 Å². The second kappa shape index (κ2) is 4.99. The predicted octanol–water partition coefficient (Wildman–Crippen LogP) is -0.536. The van der Waals surface area contributed by atoms with Crippen LogP contribution in [0.4, 0.5) is 0 Å². The summed E-state index contributed by atoms with van der Waals surface area (Å²) >= 11 is 0. The van der Waals surface area contributed by atoms with Crippen LogP contribution in [0, 0.1) is 0 Å². The first-order valence-electron chi connectivity index (χ1n) is 4.71.